The minimum atomic E-state index is -0.593. The van der Waals surface area contributed by atoms with Crippen LogP contribution in [-0.4, -0.2) is 22.8 Å². The van der Waals surface area contributed by atoms with Gasteiger partial charge < -0.3 is 15.0 Å². The number of anilines is 1. The van der Waals surface area contributed by atoms with E-state index < -0.39 is 6.10 Å². The molecule has 1 aliphatic heterocycles. The molecule has 0 radical (unpaired) electrons. The third kappa shape index (κ3) is 5.28. The molecule has 1 aliphatic rings. The third-order valence-corrected chi connectivity index (χ3v) is 6.13. The van der Waals surface area contributed by atoms with Crippen LogP contribution in [0.5, 0.6) is 5.75 Å². The van der Waals surface area contributed by atoms with Gasteiger partial charge in [0.15, 0.2) is 6.10 Å². The topological polar surface area (TPSA) is 58.6 Å². The lowest BCUT2D eigenvalue weighted by Crippen LogP contribution is -2.38. The number of nitrogens with one attached hydrogen (secondary N) is 1. The first kappa shape index (κ1) is 23.5. The minimum absolute atomic E-state index is 0.0751. The molecular weight excluding hydrogens is 431 g/mol. The number of fused-ring (bicyclic) bond motifs is 1. The summed E-state index contributed by atoms with van der Waals surface area (Å²) in [6, 6.07) is 21.4. The Morgan fingerprint density at radius 3 is 2.50 bits per heavy atom. The van der Waals surface area contributed by atoms with Crippen LogP contribution in [0.3, 0.4) is 0 Å². The number of hydrogen-bond donors (Lipinski definition) is 1. The van der Waals surface area contributed by atoms with Gasteiger partial charge in [-0.1, -0.05) is 56.3 Å². The average molecular weight is 461 g/mol. The van der Waals surface area contributed by atoms with Crippen molar-refractivity contribution in [2.45, 2.75) is 51.8 Å². The first-order valence-corrected chi connectivity index (χ1v) is 11.7. The predicted octanol–water partition coefficient (Wildman–Crippen LogP) is 5.66. The van der Waals surface area contributed by atoms with Crippen LogP contribution in [0.25, 0.3) is 0 Å². The van der Waals surface area contributed by atoms with Crippen molar-refractivity contribution in [2.75, 3.05) is 5.32 Å². The summed E-state index contributed by atoms with van der Waals surface area (Å²) in [7, 11) is 0. The van der Waals surface area contributed by atoms with E-state index in [1.54, 1.807) is 23.1 Å². The lowest BCUT2D eigenvalue weighted by Gasteiger charge is -2.23. The van der Waals surface area contributed by atoms with Crippen LogP contribution in [0.15, 0.2) is 72.8 Å². The molecule has 0 aromatic heterocycles. The van der Waals surface area contributed by atoms with Crippen molar-refractivity contribution in [3.05, 3.63) is 95.3 Å². The van der Waals surface area contributed by atoms with Gasteiger partial charge in [0.2, 0.25) is 5.91 Å². The van der Waals surface area contributed by atoms with Crippen molar-refractivity contribution in [3.8, 4) is 5.75 Å². The summed E-state index contributed by atoms with van der Waals surface area (Å²) < 4.78 is 19.4. The number of hydrogen-bond acceptors (Lipinski definition) is 3. The second kappa shape index (κ2) is 10.5. The van der Waals surface area contributed by atoms with E-state index in [0.717, 1.165) is 16.7 Å². The Morgan fingerprint density at radius 2 is 1.82 bits per heavy atom. The van der Waals surface area contributed by atoms with Gasteiger partial charge >= 0.3 is 0 Å². The van der Waals surface area contributed by atoms with E-state index in [0.29, 0.717) is 37.4 Å². The van der Waals surface area contributed by atoms with E-state index in [1.807, 2.05) is 56.3 Å². The fraction of sp³-hybridized carbons (Fsp3) is 0.286. The van der Waals surface area contributed by atoms with Gasteiger partial charge in [-0.2, -0.15) is 0 Å². The third-order valence-electron chi connectivity index (χ3n) is 6.13. The molecule has 0 saturated heterocycles. The van der Waals surface area contributed by atoms with E-state index in [2.05, 4.69) is 5.32 Å². The molecule has 2 atom stereocenters. The lowest BCUT2D eigenvalue weighted by molar-refractivity contribution is -0.139. The van der Waals surface area contributed by atoms with Gasteiger partial charge in [-0.15, -0.1) is 0 Å². The SMILES string of the molecule is CCC1Oc2ccc(NC(=O)C(CC)c3ccccc3)cc2CN(Cc2ccc(F)cc2)C1=O. The molecule has 3 aromatic carbocycles. The quantitative estimate of drug-likeness (QED) is 0.495. The number of benzene rings is 3. The lowest BCUT2D eigenvalue weighted by atomic mass is 9.95. The molecule has 1 heterocycles. The Balaban J connectivity index is 1.56. The van der Waals surface area contributed by atoms with Crippen LogP contribution < -0.4 is 10.1 Å². The molecule has 0 bridgehead atoms. The number of carbonyl (C=O) groups excluding carboxylic acids is 2. The Labute approximate surface area is 199 Å². The summed E-state index contributed by atoms with van der Waals surface area (Å²) in [5, 5.41) is 3.03. The number of halogens is 1. The molecule has 0 spiro atoms. The van der Waals surface area contributed by atoms with Crippen LogP contribution in [0.4, 0.5) is 10.1 Å². The maximum Gasteiger partial charge on any atom is 0.264 e. The Morgan fingerprint density at radius 1 is 1.09 bits per heavy atom. The fourth-order valence-corrected chi connectivity index (χ4v) is 4.28. The van der Waals surface area contributed by atoms with Crippen LogP contribution >= 0.6 is 0 Å². The second-order valence-electron chi connectivity index (χ2n) is 8.52. The Bertz CT molecular complexity index is 1150. The van der Waals surface area contributed by atoms with Crippen molar-refractivity contribution >= 4 is 17.5 Å². The summed E-state index contributed by atoms with van der Waals surface area (Å²) in [5.74, 6) is -0.114. The van der Waals surface area contributed by atoms with Crippen LogP contribution in [0, 0.1) is 5.82 Å². The fourth-order valence-electron chi connectivity index (χ4n) is 4.28. The number of carbonyl (C=O) groups is 2. The molecule has 5 nitrogen and oxygen atoms in total. The van der Waals surface area contributed by atoms with Gasteiger partial charge in [-0.3, -0.25) is 9.59 Å². The van der Waals surface area contributed by atoms with E-state index in [1.165, 1.54) is 12.1 Å². The van der Waals surface area contributed by atoms with Crippen molar-refractivity contribution in [1.82, 2.24) is 4.90 Å². The first-order valence-electron chi connectivity index (χ1n) is 11.7. The molecule has 0 aliphatic carbocycles. The standard InChI is InChI=1S/C28H29FN2O3/c1-3-24(20-8-6-5-7-9-20)27(32)30-23-14-15-26-21(16-23)18-31(28(33)25(4-2)34-26)17-19-10-12-22(29)13-11-19/h5-16,24-25H,3-4,17-18H2,1-2H3,(H,30,32). The summed E-state index contributed by atoms with van der Waals surface area (Å²) >= 11 is 0. The zero-order valence-electron chi connectivity index (χ0n) is 19.5. The molecule has 1 N–H and O–H groups in total. The van der Waals surface area contributed by atoms with Gasteiger partial charge in [0, 0.05) is 24.3 Å². The minimum Gasteiger partial charge on any atom is -0.480 e. The smallest absolute Gasteiger partial charge is 0.264 e. The van der Waals surface area contributed by atoms with Crippen molar-refractivity contribution in [2.24, 2.45) is 0 Å². The summed E-state index contributed by atoms with van der Waals surface area (Å²) in [6.45, 7) is 4.58. The molecule has 0 fully saturated rings. The largest absolute Gasteiger partial charge is 0.480 e. The Kier molecular flexibility index (Phi) is 7.26. The number of rotatable bonds is 7. The zero-order chi connectivity index (χ0) is 24.1. The maximum atomic E-state index is 13.3. The molecule has 176 valence electrons. The van der Waals surface area contributed by atoms with Gasteiger partial charge in [0.05, 0.1) is 5.92 Å². The van der Waals surface area contributed by atoms with Gasteiger partial charge in [-0.05, 0) is 54.3 Å². The van der Waals surface area contributed by atoms with E-state index >= 15 is 0 Å². The summed E-state index contributed by atoms with van der Waals surface area (Å²) in [4.78, 5) is 27.9. The normalized spacial score (nSPS) is 16.3. The molecule has 3 aromatic rings. The maximum absolute atomic E-state index is 13.3. The number of nitrogens with zero attached hydrogens (tertiary/aromatic N) is 1. The van der Waals surface area contributed by atoms with E-state index in [-0.39, 0.29) is 23.5 Å². The van der Waals surface area contributed by atoms with Gasteiger partial charge in [-0.25, -0.2) is 4.39 Å². The zero-order valence-corrected chi connectivity index (χ0v) is 19.5. The van der Waals surface area contributed by atoms with Crippen molar-refractivity contribution < 1.29 is 18.7 Å². The Hall–Kier alpha value is -3.67. The first-order chi connectivity index (χ1) is 16.5. The molecule has 2 unspecified atom stereocenters. The summed E-state index contributed by atoms with van der Waals surface area (Å²) in [5.41, 5.74) is 3.29. The summed E-state index contributed by atoms with van der Waals surface area (Å²) in [6.07, 6.45) is 0.623. The average Bonchev–Trinajstić information content (AvgIpc) is 2.97. The van der Waals surface area contributed by atoms with Crippen LogP contribution in [0.1, 0.15) is 49.3 Å². The van der Waals surface area contributed by atoms with Gasteiger partial charge in [0.1, 0.15) is 11.6 Å². The second-order valence-corrected chi connectivity index (χ2v) is 8.52. The predicted molar refractivity (Wildman–Crippen MR) is 130 cm³/mol. The molecule has 4 rings (SSSR count). The molecular formula is C28H29FN2O3. The van der Waals surface area contributed by atoms with E-state index in [4.69, 9.17) is 4.74 Å². The van der Waals surface area contributed by atoms with E-state index in [9.17, 15) is 14.0 Å². The monoisotopic (exact) mass is 460 g/mol. The molecule has 6 heteroatoms. The highest BCUT2D eigenvalue weighted by molar-refractivity contribution is 5.96. The van der Waals surface area contributed by atoms with Gasteiger partial charge in [0.25, 0.3) is 5.91 Å². The van der Waals surface area contributed by atoms with Crippen LogP contribution in [-0.2, 0) is 22.7 Å². The highest BCUT2D eigenvalue weighted by Crippen LogP contribution is 2.31. The highest BCUT2D eigenvalue weighted by atomic mass is 19.1. The molecule has 34 heavy (non-hydrogen) atoms. The van der Waals surface area contributed by atoms with Crippen molar-refractivity contribution in [3.63, 3.8) is 0 Å². The molecule has 0 saturated carbocycles. The number of amides is 2. The molecule has 2 amide bonds. The number of ether oxygens (including phenoxy) is 1. The van der Waals surface area contributed by atoms with Crippen LogP contribution in [0.2, 0.25) is 0 Å². The highest BCUT2D eigenvalue weighted by Gasteiger charge is 2.30. The van der Waals surface area contributed by atoms with Crippen molar-refractivity contribution in [1.29, 1.82) is 0 Å².